The molecule has 1 aromatic carbocycles. The normalized spacial score (nSPS) is 10.5. The first-order valence-electron chi connectivity index (χ1n) is 5.37. The maximum atomic E-state index is 11.7. The minimum atomic E-state index is -0.0872. The Morgan fingerprint density at radius 1 is 1.29 bits per heavy atom. The third-order valence-corrected chi connectivity index (χ3v) is 3.00. The van der Waals surface area contributed by atoms with Gasteiger partial charge in [-0.05, 0) is 13.0 Å². The Bertz CT molecular complexity index is 587. The van der Waals surface area contributed by atoms with Crippen molar-refractivity contribution in [1.29, 1.82) is 0 Å². The lowest BCUT2D eigenvalue weighted by atomic mass is 10.1. The average molecular weight is 246 g/mol. The second-order valence-corrected chi connectivity index (χ2v) is 4.32. The monoisotopic (exact) mass is 246 g/mol. The summed E-state index contributed by atoms with van der Waals surface area (Å²) < 4.78 is 1.36. The second-order valence-electron chi connectivity index (χ2n) is 4.01. The molecule has 0 aliphatic heterocycles. The summed E-state index contributed by atoms with van der Waals surface area (Å²) in [6.07, 6.45) is 0. The first kappa shape index (κ1) is 11.9. The number of aromatic nitrogens is 2. The second kappa shape index (κ2) is 4.75. The molecule has 1 heterocycles. The molecule has 0 amide bonds. The van der Waals surface area contributed by atoms with Gasteiger partial charge in [0.05, 0.1) is 5.69 Å². The molecule has 4 heteroatoms. The minimum Gasteiger partial charge on any atom is -0.267 e. The van der Waals surface area contributed by atoms with Gasteiger partial charge in [0.15, 0.2) is 0 Å². The van der Waals surface area contributed by atoms with Gasteiger partial charge in [0.25, 0.3) is 5.56 Å². The zero-order chi connectivity index (χ0) is 12.4. The van der Waals surface area contributed by atoms with E-state index in [-0.39, 0.29) is 5.56 Å². The maximum absolute atomic E-state index is 11.7. The number of rotatable bonds is 2. The van der Waals surface area contributed by atoms with Crippen LogP contribution < -0.4 is 5.56 Å². The molecule has 0 saturated carbocycles. The van der Waals surface area contributed by atoms with Crippen LogP contribution in [0.3, 0.4) is 0 Å². The molecule has 0 spiro atoms. The van der Waals surface area contributed by atoms with Gasteiger partial charge in [0.2, 0.25) is 0 Å². The summed E-state index contributed by atoms with van der Waals surface area (Å²) in [5.41, 5.74) is 3.59. The molecule has 0 unspecified atom stereocenters. The molecule has 0 bridgehead atoms. The van der Waals surface area contributed by atoms with Crippen molar-refractivity contribution in [2.24, 2.45) is 7.05 Å². The fraction of sp³-hybridized carbons (Fsp3) is 0.231. The molecular formula is C13H14N2OS. The third-order valence-electron chi connectivity index (χ3n) is 2.65. The van der Waals surface area contributed by atoms with E-state index in [4.69, 9.17) is 0 Å². The van der Waals surface area contributed by atoms with Crippen LogP contribution >= 0.6 is 12.6 Å². The molecule has 2 rings (SSSR count). The maximum Gasteiger partial charge on any atom is 0.270 e. The lowest BCUT2D eigenvalue weighted by Crippen LogP contribution is -2.23. The number of benzene rings is 1. The summed E-state index contributed by atoms with van der Waals surface area (Å²) in [6, 6.07) is 9.87. The number of hydrogen-bond acceptors (Lipinski definition) is 3. The van der Waals surface area contributed by atoms with Crippen LogP contribution in [0.15, 0.2) is 35.1 Å². The van der Waals surface area contributed by atoms with Crippen molar-refractivity contribution in [3.05, 3.63) is 51.8 Å². The summed E-state index contributed by atoms with van der Waals surface area (Å²) in [6.45, 7) is 2.04. The summed E-state index contributed by atoms with van der Waals surface area (Å²) in [5, 5.41) is 4.25. The van der Waals surface area contributed by atoms with Gasteiger partial charge in [0.1, 0.15) is 0 Å². The quantitative estimate of drug-likeness (QED) is 0.824. The minimum absolute atomic E-state index is 0.0872. The first-order chi connectivity index (χ1) is 8.11. The number of hydrogen-bond donors (Lipinski definition) is 1. The van der Waals surface area contributed by atoms with E-state index < -0.39 is 0 Å². The van der Waals surface area contributed by atoms with Crippen LogP contribution in [-0.4, -0.2) is 9.78 Å². The summed E-state index contributed by atoms with van der Waals surface area (Å²) in [7, 11) is 1.66. The SMILES string of the molecule is Cc1ccc(-c2cc(CS)c(=O)n(C)n2)cc1. The zero-order valence-corrected chi connectivity index (χ0v) is 10.7. The van der Waals surface area contributed by atoms with Gasteiger partial charge < -0.3 is 0 Å². The number of thiol groups is 1. The predicted octanol–water partition coefficient (Wildman–Crippen LogP) is 2.19. The lowest BCUT2D eigenvalue weighted by molar-refractivity contribution is 0.704. The topological polar surface area (TPSA) is 34.9 Å². The molecule has 0 N–H and O–H groups in total. The van der Waals surface area contributed by atoms with Gasteiger partial charge in [-0.15, -0.1) is 0 Å². The van der Waals surface area contributed by atoms with Gasteiger partial charge in [-0.2, -0.15) is 17.7 Å². The highest BCUT2D eigenvalue weighted by Gasteiger charge is 2.06. The Kier molecular flexibility index (Phi) is 3.33. The number of aryl methyl sites for hydroxylation is 2. The summed E-state index contributed by atoms with van der Waals surface area (Å²) in [5.74, 6) is 0.425. The fourth-order valence-electron chi connectivity index (χ4n) is 1.65. The zero-order valence-electron chi connectivity index (χ0n) is 9.84. The van der Waals surface area contributed by atoms with E-state index in [0.29, 0.717) is 11.3 Å². The fourth-order valence-corrected chi connectivity index (χ4v) is 1.88. The smallest absolute Gasteiger partial charge is 0.267 e. The van der Waals surface area contributed by atoms with Gasteiger partial charge >= 0.3 is 0 Å². The highest BCUT2D eigenvalue weighted by molar-refractivity contribution is 7.79. The van der Waals surface area contributed by atoms with Crippen LogP contribution in [0.4, 0.5) is 0 Å². The molecular weight excluding hydrogens is 232 g/mol. The highest BCUT2D eigenvalue weighted by Crippen LogP contribution is 2.17. The van der Waals surface area contributed by atoms with E-state index >= 15 is 0 Å². The molecule has 0 aliphatic carbocycles. The van der Waals surface area contributed by atoms with Gasteiger partial charge in [-0.25, -0.2) is 4.68 Å². The molecule has 0 fully saturated rings. The first-order valence-corrected chi connectivity index (χ1v) is 6.00. The molecule has 1 aromatic heterocycles. The Hall–Kier alpha value is -1.55. The van der Waals surface area contributed by atoms with Crippen molar-refractivity contribution < 1.29 is 0 Å². The number of nitrogens with zero attached hydrogens (tertiary/aromatic N) is 2. The van der Waals surface area contributed by atoms with Crippen molar-refractivity contribution in [1.82, 2.24) is 9.78 Å². The molecule has 17 heavy (non-hydrogen) atoms. The van der Waals surface area contributed by atoms with Crippen molar-refractivity contribution in [3.63, 3.8) is 0 Å². The average Bonchev–Trinajstić information content (AvgIpc) is 2.33. The molecule has 0 saturated heterocycles. The van der Waals surface area contributed by atoms with Crippen molar-refractivity contribution in [2.45, 2.75) is 12.7 Å². The molecule has 3 nitrogen and oxygen atoms in total. The van der Waals surface area contributed by atoms with Crippen LogP contribution in [0, 0.1) is 6.92 Å². The lowest BCUT2D eigenvalue weighted by Gasteiger charge is -2.06. The summed E-state index contributed by atoms with van der Waals surface area (Å²) in [4.78, 5) is 11.7. The van der Waals surface area contributed by atoms with E-state index in [2.05, 4.69) is 17.7 Å². The van der Waals surface area contributed by atoms with E-state index in [0.717, 1.165) is 11.3 Å². The van der Waals surface area contributed by atoms with Crippen LogP contribution in [0.2, 0.25) is 0 Å². The highest BCUT2D eigenvalue weighted by atomic mass is 32.1. The van der Waals surface area contributed by atoms with E-state index in [1.165, 1.54) is 10.2 Å². The van der Waals surface area contributed by atoms with Crippen molar-refractivity contribution >= 4 is 12.6 Å². The van der Waals surface area contributed by atoms with Crippen molar-refractivity contribution in [3.8, 4) is 11.3 Å². The van der Waals surface area contributed by atoms with E-state index in [1.54, 1.807) is 13.1 Å². The van der Waals surface area contributed by atoms with Gasteiger partial charge in [0, 0.05) is 23.9 Å². The molecule has 0 atom stereocenters. The Morgan fingerprint density at radius 3 is 2.53 bits per heavy atom. The van der Waals surface area contributed by atoms with Gasteiger partial charge in [-0.1, -0.05) is 29.8 Å². The van der Waals surface area contributed by atoms with Crippen molar-refractivity contribution in [2.75, 3.05) is 0 Å². The third kappa shape index (κ3) is 2.42. The van der Waals surface area contributed by atoms with Crippen LogP contribution in [-0.2, 0) is 12.8 Å². The Balaban J connectivity index is 2.56. The standard InChI is InChI=1S/C13H14N2OS/c1-9-3-5-10(6-4-9)12-7-11(8-17)13(16)15(2)14-12/h3-7,17H,8H2,1-2H3. The molecule has 0 aliphatic rings. The van der Waals surface area contributed by atoms with Crippen LogP contribution in [0.25, 0.3) is 11.3 Å². The molecule has 0 radical (unpaired) electrons. The largest absolute Gasteiger partial charge is 0.270 e. The van der Waals surface area contributed by atoms with E-state index in [1.807, 2.05) is 31.2 Å². The molecule has 2 aromatic rings. The van der Waals surface area contributed by atoms with Crippen LogP contribution in [0.1, 0.15) is 11.1 Å². The summed E-state index contributed by atoms with van der Waals surface area (Å²) >= 11 is 4.16. The Morgan fingerprint density at radius 2 is 1.94 bits per heavy atom. The predicted molar refractivity (Wildman–Crippen MR) is 72.3 cm³/mol. The molecule has 88 valence electrons. The van der Waals surface area contributed by atoms with Gasteiger partial charge in [-0.3, -0.25) is 4.79 Å². The van der Waals surface area contributed by atoms with Crippen LogP contribution in [0.5, 0.6) is 0 Å². The van der Waals surface area contributed by atoms with E-state index in [9.17, 15) is 4.79 Å². The Labute approximate surface area is 106 Å².